The lowest BCUT2D eigenvalue weighted by Crippen LogP contribution is -2.38. The molecular formula is C35H28ClN3OS. The molecule has 1 aliphatic rings. The monoisotopic (exact) mass is 573 g/mol. The van der Waals surface area contributed by atoms with Crippen molar-refractivity contribution in [2.75, 3.05) is 13.1 Å². The van der Waals surface area contributed by atoms with E-state index in [2.05, 4.69) is 48.0 Å². The Bertz CT molecular complexity index is 1660. The fourth-order valence-corrected chi connectivity index (χ4v) is 6.41. The summed E-state index contributed by atoms with van der Waals surface area (Å²) in [6, 6.07) is 28.1. The quantitative estimate of drug-likeness (QED) is 0.203. The number of thiazole rings is 1. The van der Waals surface area contributed by atoms with E-state index in [4.69, 9.17) is 16.6 Å². The summed E-state index contributed by atoms with van der Waals surface area (Å²) in [7, 11) is 0. The third-order valence-electron chi connectivity index (χ3n) is 7.32. The molecule has 1 aliphatic heterocycles. The molecule has 0 N–H and O–H groups in total. The van der Waals surface area contributed by atoms with E-state index in [0.29, 0.717) is 29.6 Å². The molecule has 1 saturated heterocycles. The maximum atomic E-state index is 13.4. The fourth-order valence-electron chi connectivity index (χ4n) is 5.02. The number of benzene rings is 3. The lowest BCUT2D eigenvalue weighted by Gasteiger charge is -2.31. The van der Waals surface area contributed by atoms with Gasteiger partial charge in [0.25, 0.3) is 5.91 Å². The molecule has 5 aromatic rings. The average molecular weight is 574 g/mol. The number of piperidine rings is 1. The van der Waals surface area contributed by atoms with Gasteiger partial charge < -0.3 is 4.90 Å². The SMILES string of the molecule is Cc1ccc(-c2sc(C3CCN(C(=O)c4cncc(C#Cc5ccccc5)c4)CC3)nc2-c2ccc(Cl)cc2)cc1. The van der Waals surface area contributed by atoms with Crippen molar-refractivity contribution in [3.63, 3.8) is 0 Å². The van der Waals surface area contributed by atoms with E-state index in [1.807, 2.05) is 65.6 Å². The van der Waals surface area contributed by atoms with Crippen LogP contribution < -0.4 is 0 Å². The predicted molar refractivity (Wildman–Crippen MR) is 167 cm³/mol. The van der Waals surface area contributed by atoms with Gasteiger partial charge in [-0.2, -0.15) is 0 Å². The first-order valence-electron chi connectivity index (χ1n) is 13.7. The van der Waals surface area contributed by atoms with Gasteiger partial charge in [-0.25, -0.2) is 4.98 Å². The highest BCUT2D eigenvalue weighted by molar-refractivity contribution is 7.15. The Balaban J connectivity index is 1.18. The summed E-state index contributed by atoms with van der Waals surface area (Å²) in [6.07, 6.45) is 5.07. The Hall–Kier alpha value is -4.24. The van der Waals surface area contributed by atoms with E-state index >= 15 is 0 Å². The van der Waals surface area contributed by atoms with Crippen molar-refractivity contribution in [2.24, 2.45) is 0 Å². The average Bonchev–Trinajstić information content (AvgIpc) is 3.47. The maximum absolute atomic E-state index is 13.4. The molecule has 0 bridgehead atoms. The zero-order chi connectivity index (χ0) is 28.2. The topological polar surface area (TPSA) is 46.1 Å². The third kappa shape index (κ3) is 6.25. The molecule has 0 aliphatic carbocycles. The van der Waals surface area contributed by atoms with E-state index in [1.54, 1.807) is 23.7 Å². The van der Waals surface area contributed by atoms with E-state index in [9.17, 15) is 4.79 Å². The van der Waals surface area contributed by atoms with Crippen LogP contribution in [0.2, 0.25) is 5.02 Å². The number of nitrogens with zero attached hydrogens (tertiary/aromatic N) is 3. The van der Waals surface area contributed by atoms with Gasteiger partial charge in [0.2, 0.25) is 0 Å². The molecule has 0 saturated carbocycles. The number of rotatable bonds is 4. The lowest BCUT2D eigenvalue weighted by atomic mass is 9.97. The Kier molecular flexibility index (Phi) is 7.95. The standard InChI is InChI=1S/C35H28ClN3OS/c1-24-7-11-28(12-8-24)33-32(27-13-15-31(36)16-14-27)38-34(41-33)29-17-19-39(20-18-29)35(40)30-21-26(22-37-23-30)10-9-25-5-3-2-4-6-25/h2-8,11-16,21-23,29H,17-20H2,1H3. The first-order chi connectivity index (χ1) is 20.0. The largest absolute Gasteiger partial charge is 0.339 e. The van der Waals surface area contributed by atoms with Crippen LogP contribution in [0.15, 0.2) is 97.3 Å². The number of amides is 1. The normalized spacial score (nSPS) is 13.5. The van der Waals surface area contributed by atoms with Gasteiger partial charge in [0, 0.05) is 53.1 Å². The van der Waals surface area contributed by atoms with Crippen LogP contribution in [0.1, 0.15) is 50.8 Å². The summed E-state index contributed by atoms with van der Waals surface area (Å²) >= 11 is 7.94. The molecule has 1 fully saturated rings. The maximum Gasteiger partial charge on any atom is 0.255 e. The van der Waals surface area contributed by atoms with Gasteiger partial charge in [-0.3, -0.25) is 9.78 Å². The second kappa shape index (κ2) is 12.1. The second-order valence-corrected chi connectivity index (χ2v) is 11.7. The Labute approximate surface area is 249 Å². The van der Waals surface area contributed by atoms with E-state index < -0.39 is 0 Å². The predicted octanol–water partition coefficient (Wildman–Crippen LogP) is 8.25. The van der Waals surface area contributed by atoms with Gasteiger partial charge >= 0.3 is 0 Å². The summed E-state index contributed by atoms with van der Waals surface area (Å²) in [5.41, 5.74) is 6.68. The molecule has 0 atom stereocenters. The zero-order valence-corrected chi connectivity index (χ0v) is 24.3. The number of carbonyl (C=O) groups is 1. The Morgan fingerprint density at radius 2 is 1.56 bits per heavy atom. The molecule has 41 heavy (non-hydrogen) atoms. The molecule has 2 aromatic heterocycles. The molecular weight excluding hydrogens is 546 g/mol. The van der Waals surface area contributed by atoms with Gasteiger partial charge in [-0.05, 0) is 55.7 Å². The van der Waals surface area contributed by atoms with Gasteiger partial charge in [-0.1, -0.05) is 83.6 Å². The number of aryl methyl sites for hydroxylation is 1. The molecule has 202 valence electrons. The van der Waals surface area contributed by atoms with E-state index in [-0.39, 0.29) is 5.91 Å². The van der Waals surface area contributed by atoms with Crippen LogP contribution >= 0.6 is 22.9 Å². The third-order valence-corrected chi connectivity index (χ3v) is 8.84. The molecule has 0 spiro atoms. The molecule has 6 rings (SSSR count). The summed E-state index contributed by atoms with van der Waals surface area (Å²) < 4.78 is 0. The van der Waals surface area contributed by atoms with Crippen LogP contribution in [-0.4, -0.2) is 33.9 Å². The van der Waals surface area contributed by atoms with Crippen LogP contribution in [-0.2, 0) is 0 Å². The van der Waals surface area contributed by atoms with Crippen LogP contribution in [0.5, 0.6) is 0 Å². The summed E-state index contributed by atoms with van der Waals surface area (Å²) in [4.78, 5) is 25.9. The Morgan fingerprint density at radius 3 is 2.29 bits per heavy atom. The van der Waals surface area contributed by atoms with Crippen molar-refractivity contribution in [1.29, 1.82) is 0 Å². The van der Waals surface area contributed by atoms with Gasteiger partial charge in [-0.15, -0.1) is 11.3 Å². The minimum Gasteiger partial charge on any atom is -0.339 e. The van der Waals surface area contributed by atoms with Crippen molar-refractivity contribution >= 4 is 28.8 Å². The smallest absolute Gasteiger partial charge is 0.255 e. The summed E-state index contributed by atoms with van der Waals surface area (Å²) in [5, 5.41) is 1.83. The van der Waals surface area contributed by atoms with Gasteiger partial charge in [0.05, 0.1) is 21.1 Å². The minimum atomic E-state index is 0.000600. The van der Waals surface area contributed by atoms with Crippen molar-refractivity contribution in [3.05, 3.63) is 130 Å². The number of hydrogen-bond donors (Lipinski definition) is 0. The van der Waals surface area contributed by atoms with Crippen LogP contribution in [0, 0.1) is 18.8 Å². The van der Waals surface area contributed by atoms with Crippen LogP contribution in [0.25, 0.3) is 21.7 Å². The van der Waals surface area contributed by atoms with Crippen molar-refractivity contribution in [2.45, 2.75) is 25.7 Å². The first kappa shape index (κ1) is 27.0. The number of carbonyl (C=O) groups excluding carboxylic acids is 1. The first-order valence-corrected chi connectivity index (χ1v) is 14.9. The molecule has 3 heterocycles. The fraction of sp³-hybridized carbons (Fsp3) is 0.171. The zero-order valence-electron chi connectivity index (χ0n) is 22.7. The highest BCUT2D eigenvalue weighted by atomic mass is 35.5. The van der Waals surface area contributed by atoms with Crippen LogP contribution in [0.4, 0.5) is 0 Å². The molecule has 0 unspecified atom stereocenters. The van der Waals surface area contributed by atoms with Gasteiger partial charge in [0.15, 0.2) is 0 Å². The highest BCUT2D eigenvalue weighted by Crippen LogP contribution is 2.42. The molecule has 4 nitrogen and oxygen atoms in total. The lowest BCUT2D eigenvalue weighted by molar-refractivity contribution is 0.0712. The van der Waals surface area contributed by atoms with E-state index in [0.717, 1.165) is 40.2 Å². The molecule has 0 radical (unpaired) electrons. The van der Waals surface area contributed by atoms with Gasteiger partial charge in [0.1, 0.15) is 0 Å². The minimum absolute atomic E-state index is 0.000600. The number of aromatic nitrogens is 2. The summed E-state index contributed by atoms with van der Waals surface area (Å²) in [5.74, 6) is 6.57. The van der Waals surface area contributed by atoms with Crippen molar-refractivity contribution < 1.29 is 4.79 Å². The number of halogens is 1. The van der Waals surface area contributed by atoms with E-state index in [1.165, 1.54) is 16.0 Å². The number of hydrogen-bond acceptors (Lipinski definition) is 4. The van der Waals surface area contributed by atoms with Crippen LogP contribution in [0.3, 0.4) is 0 Å². The molecule has 1 amide bonds. The molecule has 6 heteroatoms. The second-order valence-electron chi connectivity index (χ2n) is 10.2. The number of likely N-dealkylation sites (tertiary alicyclic amines) is 1. The summed E-state index contributed by atoms with van der Waals surface area (Å²) in [6.45, 7) is 3.46. The Morgan fingerprint density at radius 1 is 0.878 bits per heavy atom. The van der Waals surface area contributed by atoms with Crippen molar-refractivity contribution in [1.82, 2.24) is 14.9 Å². The molecule has 3 aromatic carbocycles. The number of pyridine rings is 1. The highest BCUT2D eigenvalue weighted by Gasteiger charge is 2.28. The van der Waals surface area contributed by atoms with Crippen molar-refractivity contribution in [3.8, 4) is 33.5 Å².